The van der Waals surface area contributed by atoms with E-state index >= 15 is 0 Å². The number of likely N-dealkylation sites (tertiary alicyclic amines) is 1. The Morgan fingerprint density at radius 3 is 2.58 bits per heavy atom. The van der Waals surface area contributed by atoms with Crippen LogP contribution in [0.5, 0.6) is 11.5 Å². The Balaban J connectivity index is 1.63. The Morgan fingerprint density at radius 1 is 1.06 bits per heavy atom. The summed E-state index contributed by atoms with van der Waals surface area (Å²) in [5.74, 6) is 1.15. The molecule has 1 fully saturated rings. The number of ketones is 1. The van der Waals surface area contributed by atoms with Crippen molar-refractivity contribution in [3.05, 3.63) is 53.1 Å². The fourth-order valence-corrected chi connectivity index (χ4v) is 4.34. The van der Waals surface area contributed by atoms with E-state index < -0.39 is 0 Å². The molecule has 0 atom stereocenters. The first-order valence-corrected chi connectivity index (χ1v) is 10.6. The van der Waals surface area contributed by atoms with Crippen molar-refractivity contribution in [2.75, 3.05) is 32.2 Å². The van der Waals surface area contributed by atoms with E-state index in [4.69, 9.17) is 9.47 Å². The van der Waals surface area contributed by atoms with Gasteiger partial charge in [0.05, 0.1) is 11.3 Å². The highest BCUT2D eigenvalue weighted by Crippen LogP contribution is 2.40. The zero-order valence-corrected chi connectivity index (χ0v) is 17.7. The number of piperidine rings is 1. The molecule has 7 heteroatoms. The van der Waals surface area contributed by atoms with E-state index in [1.54, 1.807) is 18.2 Å². The number of nitrogens with zero attached hydrogens (tertiary/aromatic N) is 1. The average molecular weight is 419 g/mol. The van der Waals surface area contributed by atoms with Gasteiger partial charge in [-0.3, -0.25) is 9.59 Å². The van der Waals surface area contributed by atoms with Crippen molar-refractivity contribution in [2.45, 2.75) is 25.8 Å². The molecule has 7 nitrogen and oxygen atoms in total. The van der Waals surface area contributed by atoms with E-state index in [1.807, 2.05) is 18.2 Å². The number of ether oxygens (including phenoxy) is 2. The Bertz CT molecular complexity index is 1100. The Labute approximate surface area is 181 Å². The smallest absolute Gasteiger partial charge is 0.258 e. The van der Waals surface area contributed by atoms with Crippen LogP contribution in [0.15, 0.2) is 36.4 Å². The fraction of sp³-hybridized carbons (Fsp3) is 0.333. The van der Waals surface area contributed by atoms with Crippen LogP contribution < -0.4 is 20.1 Å². The van der Waals surface area contributed by atoms with Gasteiger partial charge >= 0.3 is 0 Å². The lowest BCUT2D eigenvalue weighted by atomic mass is 9.96. The third kappa shape index (κ3) is 3.65. The van der Waals surface area contributed by atoms with E-state index in [1.165, 1.54) is 6.92 Å². The number of Topliss-reactive ketones (excluding diaryl/α,β-unsaturated/α-hetero) is 1. The molecule has 1 amide bonds. The van der Waals surface area contributed by atoms with Crippen molar-refractivity contribution in [2.24, 2.45) is 0 Å². The van der Waals surface area contributed by atoms with Crippen LogP contribution in [-0.2, 0) is 4.79 Å². The van der Waals surface area contributed by atoms with Crippen molar-refractivity contribution in [3.8, 4) is 11.5 Å². The average Bonchev–Trinajstić information content (AvgIpc) is 3.35. The van der Waals surface area contributed by atoms with Crippen LogP contribution >= 0.6 is 0 Å². The summed E-state index contributed by atoms with van der Waals surface area (Å²) >= 11 is 0. The third-order valence-electron chi connectivity index (χ3n) is 6.15. The molecule has 1 saturated heterocycles. The molecular weight excluding hydrogens is 394 g/mol. The lowest BCUT2D eigenvalue weighted by Gasteiger charge is -2.31. The highest BCUT2D eigenvalue weighted by Gasteiger charge is 2.31. The molecule has 31 heavy (non-hydrogen) atoms. The van der Waals surface area contributed by atoms with Crippen LogP contribution in [-0.4, -0.2) is 49.6 Å². The SMILES string of the molecule is CC(=O)c1ccc2c(c1)/C(=C(/NC1CCN(C)CC1)c1ccc3c(c1)OCO3)C(=O)N2. The van der Waals surface area contributed by atoms with Gasteiger partial charge in [0.15, 0.2) is 17.3 Å². The van der Waals surface area contributed by atoms with E-state index in [9.17, 15) is 9.59 Å². The molecule has 0 unspecified atom stereocenters. The van der Waals surface area contributed by atoms with Crippen molar-refractivity contribution >= 4 is 28.6 Å². The third-order valence-corrected chi connectivity index (χ3v) is 6.15. The molecule has 0 spiro atoms. The second kappa shape index (κ2) is 7.74. The summed E-state index contributed by atoms with van der Waals surface area (Å²) < 4.78 is 11.0. The van der Waals surface area contributed by atoms with E-state index in [-0.39, 0.29) is 24.5 Å². The minimum absolute atomic E-state index is 0.0330. The van der Waals surface area contributed by atoms with Gasteiger partial charge in [0.1, 0.15) is 0 Å². The Hall–Kier alpha value is -3.32. The molecule has 2 aromatic carbocycles. The number of hydrogen-bond acceptors (Lipinski definition) is 6. The largest absolute Gasteiger partial charge is 0.454 e. The highest BCUT2D eigenvalue weighted by atomic mass is 16.7. The molecule has 3 aliphatic rings. The molecule has 0 bridgehead atoms. The summed E-state index contributed by atoms with van der Waals surface area (Å²) in [5.41, 5.74) is 4.20. The van der Waals surface area contributed by atoms with Gasteiger partial charge in [-0.1, -0.05) is 0 Å². The predicted octanol–water partition coefficient (Wildman–Crippen LogP) is 3.12. The summed E-state index contributed by atoms with van der Waals surface area (Å²) in [6, 6.07) is 11.3. The topological polar surface area (TPSA) is 79.9 Å². The van der Waals surface area contributed by atoms with Crippen LogP contribution in [0.25, 0.3) is 11.3 Å². The molecule has 0 aliphatic carbocycles. The number of rotatable bonds is 4. The summed E-state index contributed by atoms with van der Waals surface area (Å²) in [4.78, 5) is 27.4. The number of anilines is 1. The predicted molar refractivity (Wildman–Crippen MR) is 118 cm³/mol. The van der Waals surface area contributed by atoms with Crippen molar-refractivity contribution in [1.29, 1.82) is 0 Å². The lowest BCUT2D eigenvalue weighted by Crippen LogP contribution is -2.40. The van der Waals surface area contributed by atoms with Gasteiger partial charge in [-0.25, -0.2) is 0 Å². The first kappa shape index (κ1) is 19.6. The van der Waals surface area contributed by atoms with Gasteiger partial charge in [0.25, 0.3) is 5.91 Å². The van der Waals surface area contributed by atoms with Crippen LogP contribution in [0.2, 0.25) is 0 Å². The first-order chi connectivity index (χ1) is 15.0. The van der Waals surface area contributed by atoms with Crippen LogP contribution in [0.4, 0.5) is 5.69 Å². The molecule has 2 N–H and O–H groups in total. The standard InChI is InChI=1S/C24H25N3O4/c1-14(28)15-3-5-19-18(11-15)22(24(29)26-19)23(25-17-7-9-27(2)10-8-17)16-4-6-20-21(12-16)31-13-30-20/h3-6,11-12,17,25H,7-10,13H2,1-2H3,(H,26,29)/b23-22-. The van der Waals surface area contributed by atoms with Gasteiger partial charge in [0, 0.05) is 28.4 Å². The number of fused-ring (bicyclic) bond motifs is 2. The minimum atomic E-state index is -0.177. The molecule has 160 valence electrons. The molecule has 5 rings (SSSR count). The van der Waals surface area contributed by atoms with Crippen molar-refractivity contribution < 1.29 is 19.1 Å². The van der Waals surface area contributed by atoms with E-state index in [0.29, 0.717) is 28.3 Å². The first-order valence-electron chi connectivity index (χ1n) is 10.6. The zero-order valence-electron chi connectivity index (χ0n) is 17.7. The molecule has 3 aliphatic heterocycles. The van der Waals surface area contributed by atoms with E-state index in [0.717, 1.165) is 42.8 Å². The summed E-state index contributed by atoms with van der Waals surface area (Å²) in [5, 5.41) is 6.60. The number of carbonyl (C=O) groups excluding carboxylic acids is 2. The second-order valence-corrected chi connectivity index (χ2v) is 8.31. The lowest BCUT2D eigenvalue weighted by molar-refractivity contribution is -0.110. The van der Waals surface area contributed by atoms with Crippen molar-refractivity contribution in [3.63, 3.8) is 0 Å². The highest BCUT2D eigenvalue weighted by molar-refractivity contribution is 6.36. The molecule has 0 radical (unpaired) electrons. The van der Waals surface area contributed by atoms with Crippen LogP contribution in [0.3, 0.4) is 0 Å². The molecular formula is C24H25N3O4. The normalized spacial score (nSPS) is 19.7. The Morgan fingerprint density at radius 2 is 1.81 bits per heavy atom. The molecule has 0 saturated carbocycles. The maximum Gasteiger partial charge on any atom is 0.258 e. The number of amides is 1. The molecule has 2 aromatic rings. The van der Waals surface area contributed by atoms with Gasteiger partial charge in [-0.15, -0.1) is 0 Å². The number of nitrogens with one attached hydrogen (secondary N) is 2. The van der Waals surface area contributed by atoms with Gasteiger partial charge in [-0.2, -0.15) is 0 Å². The number of carbonyl (C=O) groups is 2. The summed E-state index contributed by atoms with van der Waals surface area (Å²) in [6.07, 6.45) is 1.97. The minimum Gasteiger partial charge on any atom is -0.454 e. The van der Waals surface area contributed by atoms with Gasteiger partial charge < -0.3 is 25.0 Å². The van der Waals surface area contributed by atoms with E-state index in [2.05, 4.69) is 22.6 Å². The van der Waals surface area contributed by atoms with Gasteiger partial charge in [0.2, 0.25) is 6.79 Å². The number of benzene rings is 2. The molecule has 0 aromatic heterocycles. The summed E-state index contributed by atoms with van der Waals surface area (Å²) in [6.45, 7) is 3.72. The zero-order chi connectivity index (χ0) is 21.5. The van der Waals surface area contributed by atoms with Crippen LogP contribution in [0.1, 0.15) is 41.3 Å². The maximum absolute atomic E-state index is 13.1. The van der Waals surface area contributed by atoms with Crippen molar-refractivity contribution in [1.82, 2.24) is 10.2 Å². The maximum atomic E-state index is 13.1. The second-order valence-electron chi connectivity index (χ2n) is 8.31. The summed E-state index contributed by atoms with van der Waals surface area (Å²) in [7, 11) is 2.12. The van der Waals surface area contributed by atoms with Gasteiger partial charge in [-0.05, 0) is 76.3 Å². The van der Waals surface area contributed by atoms with Crippen LogP contribution in [0, 0.1) is 0 Å². The molecule has 3 heterocycles. The Kier molecular flexibility index (Phi) is 4.90. The number of hydrogen-bond donors (Lipinski definition) is 2. The fourth-order valence-electron chi connectivity index (χ4n) is 4.34. The monoisotopic (exact) mass is 419 g/mol. The quantitative estimate of drug-likeness (QED) is 0.586.